The molecule has 15 heavy (non-hydrogen) atoms. The first kappa shape index (κ1) is 9.32. The number of aromatic nitrogens is 3. The summed E-state index contributed by atoms with van der Waals surface area (Å²) in [5.74, 6) is 1.03. The highest BCUT2D eigenvalue weighted by molar-refractivity contribution is 5.61. The fourth-order valence-corrected chi connectivity index (χ4v) is 1.15. The van der Waals surface area contributed by atoms with Crippen LogP contribution in [0, 0.1) is 0 Å². The summed E-state index contributed by atoms with van der Waals surface area (Å²) < 4.78 is 0. The zero-order chi connectivity index (χ0) is 10.7. The van der Waals surface area contributed by atoms with Crippen molar-refractivity contribution in [3.05, 3.63) is 30.1 Å². The number of anilines is 3. The lowest BCUT2D eigenvalue weighted by Gasteiger charge is -2.05. The van der Waals surface area contributed by atoms with Crippen molar-refractivity contribution in [2.24, 2.45) is 0 Å². The number of nitrogens with two attached hydrogens (primary N) is 2. The second-order valence-corrected chi connectivity index (χ2v) is 3.11. The predicted octanol–water partition coefficient (Wildman–Crippen LogP) is 0.581. The minimum atomic E-state index is 0.338. The van der Waals surface area contributed by atoms with Crippen molar-refractivity contribution >= 4 is 17.3 Å². The van der Waals surface area contributed by atoms with Gasteiger partial charge in [-0.25, -0.2) is 4.98 Å². The third-order valence-electron chi connectivity index (χ3n) is 1.98. The third-order valence-corrected chi connectivity index (χ3v) is 1.98. The Morgan fingerprint density at radius 3 is 2.80 bits per heavy atom. The molecule has 0 unspecified atom stereocenters. The van der Waals surface area contributed by atoms with E-state index in [1.165, 1.54) is 0 Å². The van der Waals surface area contributed by atoms with E-state index in [2.05, 4.69) is 20.5 Å². The van der Waals surface area contributed by atoms with Crippen molar-refractivity contribution in [1.82, 2.24) is 15.2 Å². The van der Waals surface area contributed by atoms with Gasteiger partial charge < -0.3 is 16.8 Å². The number of hydrogen-bond donors (Lipinski definition) is 4. The van der Waals surface area contributed by atoms with Crippen LogP contribution < -0.4 is 16.8 Å². The summed E-state index contributed by atoms with van der Waals surface area (Å²) in [6, 6.07) is 5.38. The molecule has 0 spiro atoms. The Morgan fingerprint density at radius 2 is 2.13 bits per heavy atom. The summed E-state index contributed by atoms with van der Waals surface area (Å²) in [6.45, 7) is 0.621. The largest absolute Gasteiger partial charge is 0.396 e. The summed E-state index contributed by atoms with van der Waals surface area (Å²) in [4.78, 5) is 4.08. The normalized spacial score (nSPS) is 10.1. The van der Waals surface area contributed by atoms with Gasteiger partial charge in [0.2, 0.25) is 0 Å². The zero-order valence-electron chi connectivity index (χ0n) is 8.07. The Morgan fingerprint density at radius 1 is 1.27 bits per heavy atom. The summed E-state index contributed by atoms with van der Waals surface area (Å²) in [6.07, 6.45) is 1.70. The number of H-pyrrole nitrogens is 1. The molecule has 2 heterocycles. The van der Waals surface area contributed by atoms with Crippen LogP contribution in [-0.2, 0) is 6.54 Å². The van der Waals surface area contributed by atoms with Gasteiger partial charge in [0.1, 0.15) is 11.6 Å². The van der Waals surface area contributed by atoms with Crippen LogP contribution in [0.2, 0.25) is 0 Å². The van der Waals surface area contributed by atoms with Gasteiger partial charge in [0.05, 0.1) is 17.9 Å². The van der Waals surface area contributed by atoms with E-state index in [0.29, 0.717) is 23.9 Å². The minimum Gasteiger partial charge on any atom is -0.396 e. The van der Waals surface area contributed by atoms with E-state index >= 15 is 0 Å². The minimum absolute atomic E-state index is 0.338. The smallest absolute Gasteiger partial charge is 0.149 e. The Kier molecular flexibility index (Phi) is 2.40. The van der Waals surface area contributed by atoms with Crippen molar-refractivity contribution < 1.29 is 0 Å². The molecular weight excluding hydrogens is 192 g/mol. The molecule has 0 amide bonds. The summed E-state index contributed by atoms with van der Waals surface area (Å²) in [5.41, 5.74) is 12.6. The average Bonchev–Trinajstić information content (AvgIpc) is 2.73. The molecule has 0 atom stereocenters. The van der Waals surface area contributed by atoms with Gasteiger partial charge in [-0.15, -0.1) is 0 Å². The van der Waals surface area contributed by atoms with Crippen LogP contribution in [0.1, 0.15) is 5.69 Å². The maximum atomic E-state index is 5.57. The second kappa shape index (κ2) is 3.87. The van der Waals surface area contributed by atoms with Crippen LogP contribution in [0.15, 0.2) is 24.4 Å². The molecule has 0 aromatic carbocycles. The third kappa shape index (κ3) is 2.16. The quantitative estimate of drug-likeness (QED) is 0.585. The Bertz CT molecular complexity index is 436. The molecule has 0 aliphatic carbocycles. The molecule has 2 aromatic rings. The number of nitrogens with one attached hydrogen (secondary N) is 2. The van der Waals surface area contributed by atoms with Gasteiger partial charge in [-0.1, -0.05) is 0 Å². The zero-order valence-corrected chi connectivity index (χ0v) is 8.07. The van der Waals surface area contributed by atoms with E-state index < -0.39 is 0 Å². The number of nitrogen functional groups attached to an aromatic ring is 2. The number of aromatic amines is 1. The first-order valence-corrected chi connectivity index (χ1v) is 4.50. The van der Waals surface area contributed by atoms with Crippen LogP contribution in [0.5, 0.6) is 0 Å². The van der Waals surface area contributed by atoms with Crippen molar-refractivity contribution in [2.75, 3.05) is 16.8 Å². The average molecular weight is 204 g/mol. The van der Waals surface area contributed by atoms with Gasteiger partial charge in [-0.3, -0.25) is 5.10 Å². The van der Waals surface area contributed by atoms with E-state index in [9.17, 15) is 0 Å². The molecule has 78 valence electrons. The van der Waals surface area contributed by atoms with E-state index in [4.69, 9.17) is 11.5 Å². The van der Waals surface area contributed by atoms with Crippen LogP contribution in [-0.4, -0.2) is 15.2 Å². The highest BCUT2D eigenvalue weighted by Crippen LogP contribution is 2.14. The number of pyridine rings is 1. The lowest BCUT2D eigenvalue weighted by Crippen LogP contribution is -2.04. The lowest BCUT2D eigenvalue weighted by atomic mass is 10.3. The summed E-state index contributed by atoms with van der Waals surface area (Å²) >= 11 is 0. The van der Waals surface area contributed by atoms with Gasteiger partial charge in [-0.2, -0.15) is 5.10 Å². The Labute approximate surface area is 86.7 Å². The van der Waals surface area contributed by atoms with Crippen molar-refractivity contribution in [1.29, 1.82) is 0 Å². The van der Waals surface area contributed by atoms with Crippen molar-refractivity contribution in [3.63, 3.8) is 0 Å². The van der Waals surface area contributed by atoms with E-state index in [-0.39, 0.29) is 0 Å². The van der Waals surface area contributed by atoms with E-state index in [0.717, 1.165) is 5.69 Å². The second-order valence-electron chi connectivity index (χ2n) is 3.11. The number of nitrogens with zero attached hydrogens (tertiary/aromatic N) is 2. The van der Waals surface area contributed by atoms with Crippen LogP contribution >= 0.6 is 0 Å². The van der Waals surface area contributed by atoms with Gasteiger partial charge >= 0.3 is 0 Å². The molecule has 6 heteroatoms. The Balaban J connectivity index is 2.02. The highest BCUT2D eigenvalue weighted by Gasteiger charge is 1.99. The first-order chi connectivity index (χ1) is 7.25. The maximum absolute atomic E-state index is 5.57. The van der Waals surface area contributed by atoms with Crippen LogP contribution in [0.25, 0.3) is 0 Å². The number of hydrogen-bond acceptors (Lipinski definition) is 5. The molecule has 6 nitrogen and oxygen atoms in total. The molecule has 0 bridgehead atoms. The van der Waals surface area contributed by atoms with Gasteiger partial charge in [0.15, 0.2) is 0 Å². The first-order valence-electron chi connectivity index (χ1n) is 4.50. The molecule has 2 rings (SSSR count). The van der Waals surface area contributed by atoms with Crippen LogP contribution in [0.4, 0.5) is 17.3 Å². The molecule has 6 N–H and O–H groups in total. The molecule has 2 aromatic heterocycles. The molecule has 0 saturated carbocycles. The van der Waals surface area contributed by atoms with E-state index in [1.807, 2.05) is 6.07 Å². The van der Waals surface area contributed by atoms with E-state index in [1.54, 1.807) is 18.3 Å². The standard InChI is InChI=1S/C9H12N6/c10-7-1-2-8(14-9(7)11)12-5-6-3-4-13-15-6/h1-4H,5,10H2,(H,13,15)(H3,11,12,14). The maximum Gasteiger partial charge on any atom is 0.149 e. The predicted molar refractivity (Wildman–Crippen MR) is 59.0 cm³/mol. The monoisotopic (exact) mass is 204 g/mol. The summed E-state index contributed by atoms with van der Waals surface area (Å²) in [7, 11) is 0. The Hall–Kier alpha value is -2.24. The fourth-order valence-electron chi connectivity index (χ4n) is 1.15. The highest BCUT2D eigenvalue weighted by atomic mass is 15.1. The van der Waals surface area contributed by atoms with Crippen molar-refractivity contribution in [3.8, 4) is 0 Å². The topological polar surface area (TPSA) is 106 Å². The SMILES string of the molecule is Nc1ccc(NCc2ccn[nH]2)nc1N. The van der Waals surface area contributed by atoms with Gasteiger partial charge in [0.25, 0.3) is 0 Å². The lowest BCUT2D eigenvalue weighted by molar-refractivity contribution is 0.975. The fraction of sp³-hybridized carbons (Fsp3) is 0.111. The van der Waals surface area contributed by atoms with Gasteiger partial charge in [0, 0.05) is 6.20 Å². The summed E-state index contributed by atoms with van der Waals surface area (Å²) in [5, 5.41) is 9.77. The molecule has 0 fully saturated rings. The number of rotatable bonds is 3. The molecule has 0 aliphatic heterocycles. The van der Waals surface area contributed by atoms with Crippen molar-refractivity contribution in [2.45, 2.75) is 6.54 Å². The molecule has 0 aliphatic rings. The molecule has 0 saturated heterocycles. The molecular formula is C9H12N6. The van der Waals surface area contributed by atoms with Gasteiger partial charge in [-0.05, 0) is 18.2 Å². The van der Waals surface area contributed by atoms with Crippen LogP contribution in [0.3, 0.4) is 0 Å². The molecule has 0 radical (unpaired) electrons.